The molecule has 3 nitrogen and oxygen atoms in total. The molecule has 0 bridgehead atoms. The largest absolute Gasteiger partial charge is 0.394 e. The Morgan fingerprint density at radius 2 is 1.50 bits per heavy atom. The molecule has 0 saturated heterocycles. The molecule has 0 heterocycles. The molecule has 0 unspecified atom stereocenters. The van der Waals surface area contributed by atoms with Crippen LogP contribution in [0, 0.1) is 0 Å². The Bertz CT molecular complexity index is 255. The van der Waals surface area contributed by atoms with Crippen LogP contribution in [-0.2, 0) is 0 Å². The summed E-state index contributed by atoms with van der Waals surface area (Å²) in [6.45, 7) is 13.4. The van der Waals surface area contributed by atoms with Crippen LogP contribution >= 0.6 is 0 Å². The first-order chi connectivity index (χ1) is 8.05. The lowest BCUT2D eigenvalue weighted by molar-refractivity contribution is 0.0813. The van der Waals surface area contributed by atoms with E-state index in [9.17, 15) is 5.11 Å². The maximum absolute atomic E-state index is 9.74. The van der Waals surface area contributed by atoms with Crippen molar-refractivity contribution in [2.24, 2.45) is 0 Å². The molecule has 18 heavy (non-hydrogen) atoms. The van der Waals surface area contributed by atoms with Gasteiger partial charge in [0.1, 0.15) is 0 Å². The van der Waals surface area contributed by atoms with Crippen LogP contribution in [-0.4, -0.2) is 34.4 Å². The molecule has 0 aromatic heterocycles. The molecule has 0 spiro atoms. The molecule has 108 valence electrons. The van der Waals surface area contributed by atoms with E-state index in [1.807, 2.05) is 0 Å². The van der Waals surface area contributed by atoms with E-state index in [2.05, 4.69) is 52.2 Å². The van der Waals surface area contributed by atoms with Crippen molar-refractivity contribution in [1.82, 2.24) is 10.6 Å². The molecule has 0 amide bonds. The molecule has 1 fully saturated rings. The topological polar surface area (TPSA) is 44.3 Å². The van der Waals surface area contributed by atoms with Gasteiger partial charge in [-0.2, -0.15) is 0 Å². The summed E-state index contributed by atoms with van der Waals surface area (Å²) in [6, 6.07) is 0.589. The van der Waals surface area contributed by atoms with Gasteiger partial charge < -0.3 is 15.7 Å². The van der Waals surface area contributed by atoms with Crippen molar-refractivity contribution in [2.45, 2.75) is 89.9 Å². The van der Waals surface area contributed by atoms with E-state index < -0.39 is 0 Å². The van der Waals surface area contributed by atoms with E-state index in [0.29, 0.717) is 6.04 Å². The van der Waals surface area contributed by atoms with Crippen LogP contribution in [0.1, 0.15) is 67.2 Å². The summed E-state index contributed by atoms with van der Waals surface area (Å²) < 4.78 is 0. The molecule has 0 atom stereocenters. The van der Waals surface area contributed by atoms with Crippen molar-refractivity contribution < 1.29 is 5.11 Å². The zero-order valence-corrected chi connectivity index (χ0v) is 13.1. The van der Waals surface area contributed by atoms with Gasteiger partial charge in [-0.1, -0.05) is 0 Å². The number of hydrogen-bond acceptors (Lipinski definition) is 3. The van der Waals surface area contributed by atoms with Crippen LogP contribution in [0.5, 0.6) is 0 Å². The van der Waals surface area contributed by atoms with E-state index in [4.69, 9.17) is 0 Å². The van der Waals surface area contributed by atoms with E-state index >= 15 is 0 Å². The highest BCUT2D eigenvalue weighted by Crippen LogP contribution is 2.30. The fraction of sp³-hybridized carbons (Fsp3) is 1.00. The van der Waals surface area contributed by atoms with Gasteiger partial charge in [-0.3, -0.25) is 0 Å². The zero-order valence-electron chi connectivity index (χ0n) is 13.1. The van der Waals surface area contributed by atoms with Crippen molar-refractivity contribution in [1.29, 1.82) is 0 Å². The van der Waals surface area contributed by atoms with Crippen LogP contribution in [0.4, 0.5) is 0 Å². The van der Waals surface area contributed by atoms with Crippen molar-refractivity contribution in [3.8, 4) is 0 Å². The Labute approximate surface area is 113 Å². The quantitative estimate of drug-likeness (QED) is 0.727. The highest BCUT2D eigenvalue weighted by Gasteiger charge is 2.37. The Morgan fingerprint density at radius 1 is 1.00 bits per heavy atom. The highest BCUT2D eigenvalue weighted by atomic mass is 16.3. The summed E-state index contributed by atoms with van der Waals surface area (Å²) in [5, 5.41) is 17.0. The molecule has 1 aliphatic carbocycles. The lowest BCUT2D eigenvalue weighted by Gasteiger charge is -2.45. The average molecular weight is 256 g/mol. The molecular formula is C15H32N2O. The second-order valence-electron chi connectivity index (χ2n) is 7.98. The van der Waals surface area contributed by atoms with Gasteiger partial charge in [0.25, 0.3) is 0 Å². The van der Waals surface area contributed by atoms with Gasteiger partial charge in [-0.15, -0.1) is 0 Å². The normalized spacial score (nSPS) is 30.5. The van der Waals surface area contributed by atoms with Gasteiger partial charge in [-0.25, -0.2) is 0 Å². The molecular weight excluding hydrogens is 224 g/mol. The molecule has 3 N–H and O–H groups in total. The summed E-state index contributed by atoms with van der Waals surface area (Å²) in [6.07, 6.45) is 4.38. The summed E-state index contributed by atoms with van der Waals surface area (Å²) in [5.74, 6) is 0. The molecule has 1 saturated carbocycles. The third-order valence-electron chi connectivity index (χ3n) is 3.52. The predicted molar refractivity (Wildman–Crippen MR) is 77.9 cm³/mol. The molecule has 0 aromatic rings. The molecule has 0 aliphatic heterocycles. The maximum Gasteiger partial charge on any atom is 0.0613 e. The first-order valence-corrected chi connectivity index (χ1v) is 7.23. The fourth-order valence-corrected chi connectivity index (χ4v) is 3.05. The monoisotopic (exact) mass is 256 g/mol. The number of aliphatic hydroxyl groups excluding tert-OH is 1. The maximum atomic E-state index is 9.74. The minimum absolute atomic E-state index is 0.0625. The number of nitrogens with one attached hydrogen (secondary N) is 2. The van der Waals surface area contributed by atoms with Gasteiger partial charge >= 0.3 is 0 Å². The van der Waals surface area contributed by atoms with E-state index in [0.717, 1.165) is 25.7 Å². The summed E-state index contributed by atoms with van der Waals surface area (Å²) in [5.41, 5.74) is 0.169. The standard InChI is InChI=1S/C15H32N2O/c1-13(2,3)16-12-7-9-15(11-18,10-8-12)17-14(4,5)6/h12,16-18H,7-11H2,1-6H3/t12-,15-. The SMILES string of the molecule is CC(C)(C)N[C@H]1CC[C@](CO)(NC(C)(C)C)CC1. The lowest BCUT2D eigenvalue weighted by atomic mass is 9.78. The van der Waals surface area contributed by atoms with E-state index in [1.54, 1.807) is 0 Å². The molecule has 1 aliphatic rings. The second-order valence-corrected chi connectivity index (χ2v) is 7.98. The summed E-state index contributed by atoms with van der Waals surface area (Å²) in [4.78, 5) is 0. The van der Waals surface area contributed by atoms with Crippen LogP contribution < -0.4 is 10.6 Å². The Morgan fingerprint density at radius 3 is 1.83 bits per heavy atom. The smallest absolute Gasteiger partial charge is 0.0613 e. The molecule has 0 aromatic carbocycles. The fourth-order valence-electron chi connectivity index (χ4n) is 3.05. The third-order valence-corrected chi connectivity index (χ3v) is 3.52. The zero-order chi connectivity index (χ0) is 14.0. The minimum Gasteiger partial charge on any atom is -0.394 e. The lowest BCUT2D eigenvalue weighted by Crippen LogP contribution is -2.60. The van der Waals surface area contributed by atoms with Gasteiger partial charge in [0.15, 0.2) is 0 Å². The number of rotatable bonds is 3. The van der Waals surface area contributed by atoms with Crippen LogP contribution in [0.3, 0.4) is 0 Å². The van der Waals surface area contributed by atoms with E-state index in [1.165, 1.54) is 0 Å². The van der Waals surface area contributed by atoms with Crippen molar-refractivity contribution in [3.05, 3.63) is 0 Å². The van der Waals surface area contributed by atoms with Crippen LogP contribution in [0.2, 0.25) is 0 Å². The summed E-state index contributed by atoms with van der Waals surface area (Å²) >= 11 is 0. The Kier molecular flexibility index (Phi) is 4.85. The highest BCUT2D eigenvalue weighted by molar-refractivity contribution is 4.98. The van der Waals surface area contributed by atoms with Gasteiger partial charge in [0.05, 0.1) is 6.61 Å². The molecule has 1 rings (SSSR count). The first-order valence-electron chi connectivity index (χ1n) is 7.23. The second kappa shape index (κ2) is 5.48. The van der Waals surface area contributed by atoms with Gasteiger partial charge in [-0.05, 0) is 67.2 Å². The number of hydrogen-bond donors (Lipinski definition) is 3. The van der Waals surface area contributed by atoms with Crippen LogP contribution in [0.15, 0.2) is 0 Å². The van der Waals surface area contributed by atoms with Crippen molar-refractivity contribution in [2.75, 3.05) is 6.61 Å². The van der Waals surface area contributed by atoms with E-state index in [-0.39, 0.29) is 23.2 Å². The third kappa shape index (κ3) is 5.25. The van der Waals surface area contributed by atoms with Gasteiger partial charge in [0, 0.05) is 22.7 Å². The Hall–Kier alpha value is -0.120. The Balaban J connectivity index is 2.54. The molecule has 3 heteroatoms. The first kappa shape index (κ1) is 15.9. The average Bonchev–Trinajstić information content (AvgIpc) is 2.17. The van der Waals surface area contributed by atoms with Crippen molar-refractivity contribution in [3.63, 3.8) is 0 Å². The molecule has 0 radical (unpaired) electrons. The van der Waals surface area contributed by atoms with Crippen molar-refractivity contribution >= 4 is 0 Å². The van der Waals surface area contributed by atoms with Crippen LogP contribution in [0.25, 0.3) is 0 Å². The minimum atomic E-state index is -0.0751. The number of aliphatic hydroxyl groups is 1. The predicted octanol–water partition coefficient (Wildman–Crippen LogP) is 2.44. The summed E-state index contributed by atoms with van der Waals surface area (Å²) in [7, 11) is 0. The van der Waals surface area contributed by atoms with Gasteiger partial charge in [0.2, 0.25) is 0 Å².